The third-order valence-corrected chi connectivity index (χ3v) is 4.14. The number of ether oxygens (including phenoxy) is 2. The summed E-state index contributed by atoms with van der Waals surface area (Å²) in [5, 5.41) is 21.2. The third kappa shape index (κ3) is 3.58. The lowest BCUT2D eigenvalue weighted by atomic mass is 9.91. The van der Waals surface area contributed by atoms with Gasteiger partial charge < -0.3 is 14.6 Å². The van der Waals surface area contributed by atoms with E-state index in [-0.39, 0.29) is 18.6 Å². The van der Waals surface area contributed by atoms with Gasteiger partial charge in [-0.25, -0.2) is 9.59 Å². The number of aromatic amines is 1. The maximum absolute atomic E-state index is 12.0. The molecule has 0 amide bonds. The highest BCUT2D eigenvalue weighted by Crippen LogP contribution is 2.39. The van der Waals surface area contributed by atoms with Crippen molar-refractivity contribution in [1.82, 2.24) is 9.55 Å². The number of aliphatic hydroxyl groups excluding tert-OH is 1. The van der Waals surface area contributed by atoms with Crippen LogP contribution in [-0.4, -0.2) is 50.4 Å². The Morgan fingerprint density at radius 3 is 2.88 bits per heavy atom. The number of nitrogens with one attached hydrogen (secondary N) is 1. The van der Waals surface area contributed by atoms with Crippen molar-refractivity contribution in [1.29, 1.82) is 0 Å². The van der Waals surface area contributed by atoms with E-state index in [2.05, 4.69) is 4.98 Å². The van der Waals surface area contributed by atoms with Crippen LogP contribution in [0, 0.1) is 17.0 Å². The second kappa shape index (κ2) is 7.62. The molecule has 11 heteroatoms. The van der Waals surface area contributed by atoms with Crippen LogP contribution < -0.4 is 11.2 Å². The van der Waals surface area contributed by atoms with Crippen LogP contribution in [0.25, 0.3) is 0 Å². The molecule has 1 aliphatic rings. The average Bonchev–Trinajstić information content (AvgIpc) is 2.96. The standard InChI is InChI=1S/C15H19N3O8/c1-3-25-12(20)4-5-15(18(23)24)6-11(26-10(15)8-19)17-7-9(2)13(21)16-14(17)22/h4-5,7,10-11,19H,3,6,8H2,1-2H3,(H,16,21,22)/b5-4+/t10-,11-,15-/m1/s1. The highest BCUT2D eigenvalue weighted by atomic mass is 16.6. The van der Waals surface area contributed by atoms with E-state index >= 15 is 0 Å². The van der Waals surface area contributed by atoms with Crippen molar-refractivity contribution < 1.29 is 24.3 Å². The number of nitrogens with zero attached hydrogens (tertiary/aromatic N) is 2. The fourth-order valence-corrected chi connectivity index (χ4v) is 2.76. The van der Waals surface area contributed by atoms with Gasteiger partial charge >= 0.3 is 11.7 Å². The number of nitro groups is 1. The van der Waals surface area contributed by atoms with Gasteiger partial charge in [0, 0.05) is 28.8 Å². The summed E-state index contributed by atoms with van der Waals surface area (Å²) >= 11 is 0. The molecule has 0 radical (unpaired) electrons. The van der Waals surface area contributed by atoms with Gasteiger partial charge in [0.05, 0.1) is 19.6 Å². The monoisotopic (exact) mass is 369 g/mol. The van der Waals surface area contributed by atoms with Crippen molar-refractivity contribution in [3.05, 3.63) is 54.9 Å². The van der Waals surface area contributed by atoms with Gasteiger partial charge in [0.2, 0.25) is 0 Å². The molecule has 1 fully saturated rings. The first-order valence-electron chi connectivity index (χ1n) is 7.84. The first kappa shape index (κ1) is 19.5. The van der Waals surface area contributed by atoms with Crippen molar-refractivity contribution in [2.45, 2.75) is 38.1 Å². The van der Waals surface area contributed by atoms with Crippen LogP contribution in [0.15, 0.2) is 27.9 Å². The van der Waals surface area contributed by atoms with Gasteiger partial charge in [0.15, 0.2) is 6.10 Å². The smallest absolute Gasteiger partial charge is 0.330 e. The van der Waals surface area contributed by atoms with Gasteiger partial charge in [-0.05, 0) is 13.8 Å². The quantitative estimate of drug-likeness (QED) is 0.288. The molecule has 2 rings (SSSR count). The molecule has 1 aromatic heterocycles. The Labute approximate surface area is 147 Å². The van der Waals surface area contributed by atoms with E-state index in [9.17, 15) is 29.6 Å². The number of hydrogen-bond donors (Lipinski definition) is 2. The first-order valence-corrected chi connectivity index (χ1v) is 7.84. The molecule has 1 aromatic rings. The average molecular weight is 369 g/mol. The minimum atomic E-state index is -1.93. The van der Waals surface area contributed by atoms with E-state index in [1.54, 1.807) is 6.92 Å². The second-order valence-corrected chi connectivity index (χ2v) is 5.78. The van der Waals surface area contributed by atoms with Crippen LogP contribution >= 0.6 is 0 Å². The molecule has 0 aromatic carbocycles. The Bertz CT molecular complexity index is 842. The molecule has 0 aliphatic carbocycles. The third-order valence-electron chi connectivity index (χ3n) is 4.14. The molecule has 0 unspecified atom stereocenters. The molecule has 0 bridgehead atoms. The second-order valence-electron chi connectivity index (χ2n) is 5.78. The van der Waals surface area contributed by atoms with E-state index in [0.717, 1.165) is 16.7 Å². The predicted molar refractivity (Wildman–Crippen MR) is 87.2 cm³/mol. The normalized spacial score (nSPS) is 25.5. The van der Waals surface area contributed by atoms with Crippen molar-refractivity contribution in [2.75, 3.05) is 13.2 Å². The van der Waals surface area contributed by atoms with Gasteiger partial charge in [-0.15, -0.1) is 0 Å². The zero-order valence-corrected chi connectivity index (χ0v) is 14.2. The summed E-state index contributed by atoms with van der Waals surface area (Å²) in [7, 11) is 0. The summed E-state index contributed by atoms with van der Waals surface area (Å²) in [5.74, 6) is -0.772. The highest BCUT2D eigenvalue weighted by molar-refractivity contribution is 5.82. The lowest BCUT2D eigenvalue weighted by molar-refractivity contribution is -0.560. The molecule has 11 nitrogen and oxygen atoms in total. The summed E-state index contributed by atoms with van der Waals surface area (Å²) in [6.07, 6.45) is 0.411. The molecular weight excluding hydrogens is 350 g/mol. The molecule has 26 heavy (non-hydrogen) atoms. The highest BCUT2D eigenvalue weighted by Gasteiger charge is 2.57. The molecule has 1 saturated heterocycles. The van der Waals surface area contributed by atoms with Crippen LogP contribution in [0.2, 0.25) is 0 Å². The van der Waals surface area contributed by atoms with E-state index in [1.807, 2.05) is 0 Å². The zero-order chi connectivity index (χ0) is 19.5. The molecule has 3 atom stereocenters. The largest absolute Gasteiger partial charge is 0.463 e. The van der Waals surface area contributed by atoms with Gasteiger partial charge in [-0.2, -0.15) is 0 Å². The number of H-pyrrole nitrogens is 1. The van der Waals surface area contributed by atoms with E-state index in [1.165, 1.54) is 13.1 Å². The Morgan fingerprint density at radius 2 is 2.31 bits per heavy atom. The molecule has 2 N–H and O–H groups in total. The summed E-state index contributed by atoms with van der Waals surface area (Å²) in [6.45, 7) is 2.45. The Hall–Kier alpha value is -2.79. The number of rotatable bonds is 6. The number of hydrogen-bond acceptors (Lipinski definition) is 8. The summed E-state index contributed by atoms with van der Waals surface area (Å²) in [5.41, 5.74) is -3.09. The van der Waals surface area contributed by atoms with E-state index in [0.29, 0.717) is 0 Å². The van der Waals surface area contributed by atoms with Crippen LogP contribution in [0.3, 0.4) is 0 Å². The molecule has 142 valence electrons. The predicted octanol–water partition coefficient (Wildman–Crippen LogP) is -0.740. The molecule has 2 heterocycles. The maximum atomic E-state index is 12.0. The maximum Gasteiger partial charge on any atom is 0.330 e. The van der Waals surface area contributed by atoms with Crippen LogP contribution in [0.4, 0.5) is 0 Å². The minimum Gasteiger partial charge on any atom is -0.463 e. The van der Waals surface area contributed by atoms with Crippen LogP contribution in [0.5, 0.6) is 0 Å². The first-order chi connectivity index (χ1) is 12.2. The van der Waals surface area contributed by atoms with Gasteiger partial charge in [-0.1, -0.05) is 0 Å². The van der Waals surface area contributed by atoms with Gasteiger partial charge in [-0.3, -0.25) is 24.5 Å². The van der Waals surface area contributed by atoms with Gasteiger partial charge in [0.25, 0.3) is 11.1 Å². The Morgan fingerprint density at radius 1 is 1.62 bits per heavy atom. The Kier molecular flexibility index (Phi) is 5.73. The Balaban J connectivity index is 2.43. The summed E-state index contributed by atoms with van der Waals surface area (Å²) < 4.78 is 11.2. The number of aromatic nitrogens is 2. The SMILES string of the molecule is CCOC(=O)/C=C/[C@@]1([N+](=O)[O-])C[C@H](n2cc(C)c(=O)[nH]c2=O)O[C@@H]1CO. The number of esters is 1. The molecule has 0 saturated carbocycles. The topological polar surface area (TPSA) is 154 Å². The minimum absolute atomic E-state index is 0.100. The summed E-state index contributed by atoms with van der Waals surface area (Å²) in [6, 6.07) is 0. The van der Waals surface area contributed by atoms with E-state index < -0.39 is 46.6 Å². The number of aliphatic hydroxyl groups is 1. The lowest BCUT2D eigenvalue weighted by Crippen LogP contribution is -2.46. The van der Waals surface area contributed by atoms with Crippen molar-refractivity contribution in [3.63, 3.8) is 0 Å². The lowest BCUT2D eigenvalue weighted by Gasteiger charge is -2.20. The molecule has 1 aliphatic heterocycles. The number of carbonyl (C=O) groups is 1. The number of carbonyl (C=O) groups excluding carboxylic acids is 1. The van der Waals surface area contributed by atoms with Crippen molar-refractivity contribution in [2.24, 2.45) is 0 Å². The fraction of sp³-hybridized carbons (Fsp3) is 0.533. The fourth-order valence-electron chi connectivity index (χ4n) is 2.76. The van der Waals surface area contributed by atoms with Crippen molar-refractivity contribution in [3.8, 4) is 0 Å². The number of aryl methyl sites for hydroxylation is 1. The summed E-state index contributed by atoms with van der Waals surface area (Å²) in [4.78, 5) is 48.1. The zero-order valence-electron chi connectivity index (χ0n) is 14.2. The van der Waals surface area contributed by atoms with Crippen molar-refractivity contribution >= 4 is 5.97 Å². The van der Waals surface area contributed by atoms with Gasteiger partial charge in [0.1, 0.15) is 6.23 Å². The van der Waals surface area contributed by atoms with Crippen LogP contribution in [-0.2, 0) is 14.3 Å². The molecule has 0 spiro atoms. The van der Waals surface area contributed by atoms with E-state index in [4.69, 9.17) is 9.47 Å². The van der Waals surface area contributed by atoms with Crippen LogP contribution in [0.1, 0.15) is 25.1 Å². The molecular formula is C15H19N3O8.